The minimum absolute atomic E-state index is 0.223. The second kappa shape index (κ2) is 3.84. The van der Waals surface area contributed by atoms with Gasteiger partial charge in [0.25, 0.3) is 0 Å². The van der Waals surface area contributed by atoms with E-state index in [0.717, 1.165) is 41.1 Å². The van der Waals surface area contributed by atoms with Gasteiger partial charge < -0.3 is 4.90 Å². The molecule has 1 aromatic rings. The topological polar surface area (TPSA) is 15.6 Å². The molecular weight excluding hydrogens is 271 g/mol. The van der Waals surface area contributed by atoms with Crippen molar-refractivity contribution < 1.29 is 4.39 Å². The number of aliphatic imine (C=N–C) groups is 1. The molecule has 1 saturated heterocycles. The molecule has 4 heteroatoms. The molecule has 0 spiro atoms. The highest BCUT2D eigenvalue weighted by atomic mass is 79.9. The molecule has 2 aliphatic rings. The van der Waals surface area contributed by atoms with Gasteiger partial charge in [0, 0.05) is 29.5 Å². The van der Waals surface area contributed by atoms with Crippen LogP contribution in [0, 0.1) is 5.82 Å². The van der Waals surface area contributed by atoms with E-state index in [-0.39, 0.29) is 5.82 Å². The first-order valence-electron chi connectivity index (χ1n) is 5.54. The van der Waals surface area contributed by atoms with Crippen LogP contribution in [0.1, 0.15) is 24.8 Å². The zero-order chi connectivity index (χ0) is 11.1. The van der Waals surface area contributed by atoms with E-state index < -0.39 is 0 Å². The van der Waals surface area contributed by atoms with E-state index in [4.69, 9.17) is 0 Å². The third kappa shape index (κ3) is 1.65. The number of piperidine rings is 1. The average molecular weight is 283 g/mol. The molecule has 2 heterocycles. The third-order valence-corrected chi connectivity index (χ3v) is 3.89. The van der Waals surface area contributed by atoms with Crippen molar-refractivity contribution in [2.75, 3.05) is 6.54 Å². The Bertz CT molecular complexity index is 470. The predicted octanol–water partition coefficient (Wildman–Crippen LogP) is 3.62. The van der Waals surface area contributed by atoms with E-state index in [1.54, 1.807) is 0 Å². The summed E-state index contributed by atoms with van der Waals surface area (Å²) in [5, 5.41) is 0. The Labute approximate surface area is 102 Å². The van der Waals surface area contributed by atoms with Crippen LogP contribution >= 0.6 is 15.9 Å². The van der Waals surface area contributed by atoms with Gasteiger partial charge in [0.05, 0.1) is 5.69 Å². The van der Waals surface area contributed by atoms with Crippen molar-refractivity contribution in [3.05, 3.63) is 28.0 Å². The molecule has 3 rings (SSSR count). The molecule has 1 aromatic carbocycles. The molecule has 2 nitrogen and oxygen atoms in total. The van der Waals surface area contributed by atoms with Crippen LogP contribution in [0.2, 0.25) is 0 Å². The zero-order valence-electron chi connectivity index (χ0n) is 8.84. The first-order chi connectivity index (χ1) is 7.74. The van der Waals surface area contributed by atoms with Gasteiger partial charge in [0.1, 0.15) is 11.7 Å². The third-order valence-electron chi connectivity index (χ3n) is 3.18. The second-order valence-electron chi connectivity index (χ2n) is 4.29. The van der Waals surface area contributed by atoms with Gasteiger partial charge in [-0.1, -0.05) is 15.9 Å². The van der Waals surface area contributed by atoms with Crippen molar-refractivity contribution in [3.63, 3.8) is 0 Å². The highest BCUT2D eigenvalue weighted by molar-refractivity contribution is 9.10. The summed E-state index contributed by atoms with van der Waals surface area (Å²) < 4.78 is 14.1. The number of hydrogen-bond donors (Lipinski definition) is 0. The maximum atomic E-state index is 13.3. The lowest BCUT2D eigenvalue weighted by atomic mass is 10.0. The van der Waals surface area contributed by atoms with Gasteiger partial charge in [-0.15, -0.1) is 0 Å². The molecule has 1 fully saturated rings. The van der Waals surface area contributed by atoms with Crippen LogP contribution < -0.4 is 0 Å². The van der Waals surface area contributed by atoms with Crippen molar-refractivity contribution in [2.45, 2.75) is 25.8 Å². The molecule has 0 aliphatic carbocycles. The SMILES string of the molecule is Fc1cc(Br)c2c(c1)N=C1CCCCN1C2. The zero-order valence-corrected chi connectivity index (χ0v) is 10.4. The number of rotatable bonds is 0. The number of hydrogen-bond acceptors (Lipinski definition) is 2. The van der Waals surface area contributed by atoms with Crippen molar-refractivity contribution in [1.29, 1.82) is 0 Å². The fourth-order valence-corrected chi connectivity index (χ4v) is 2.89. The fraction of sp³-hybridized carbons (Fsp3) is 0.417. The Balaban J connectivity index is 2.09. The van der Waals surface area contributed by atoms with Crippen LogP contribution in [0.25, 0.3) is 0 Å². The molecule has 0 amide bonds. The van der Waals surface area contributed by atoms with Gasteiger partial charge in [-0.3, -0.25) is 0 Å². The van der Waals surface area contributed by atoms with Crippen LogP contribution in [0.3, 0.4) is 0 Å². The monoisotopic (exact) mass is 282 g/mol. The van der Waals surface area contributed by atoms with Crippen LogP contribution in [-0.4, -0.2) is 17.3 Å². The van der Waals surface area contributed by atoms with Crippen LogP contribution in [0.5, 0.6) is 0 Å². The van der Waals surface area contributed by atoms with E-state index >= 15 is 0 Å². The Morgan fingerprint density at radius 3 is 3.06 bits per heavy atom. The summed E-state index contributed by atoms with van der Waals surface area (Å²) in [6.07, 6.45) is 3.45. The quantitative estimate of drug-likeness (QED) is 0.710. The lowest BCUT2D eigenvalue weighted by Gasteiger charge is -2.34. The van der Waals surface area contributed by atoms with E-state index in [1.165, 1.54) is 25.0 Å². The molecule has 0 N–H and O–H groups in total. The summed E-state index contributed by atoms with van der Waals surface area (Å²) >= 11 is 3.41. The van der Waals surface area contributed by atoms with Crippen molar-refractivity contribution >= 4 is 27.5 Å². The molecule has 84 valence electrons. The lowest BCUT2D eigenvalue weighted by molar-refractivity contribution is 0.358. The first-order valence-corrected chi connectivity index (χ1v) is 6.34. The average Bonchev–Trinajstić information content (AvgIpc) is 2.27. The molecule has 16 heavy (non-hydrogen) atoms. The van der Waals surface area contributed by atoms with E-state index in [2.05, 4.69) is 25.8 Å². The number of amidine groups is 1. The number of benzene rings is 1. The van der Waals surface area contributed by atoms with Crippen molar-refractivity contribution in [2.24, 2.45) is 4.99 Å². The van der Waals surface area contributed by atoms with Crippen molar-refractivity contribution in [1.82, 2.24) is 4.90 Å². The van der Waals surface area contributed by atoms with Crippen molar-refractivity contribution in [3.8, 4) is 0 Å². The van der Waals surface area contributed by atoms with E-state index in [1.807, 2.05) is 0 Å². The Kier molecular flexibility index (Phi) is 2.46. The normalized spacial score (nSPS) is 18.9. The lowest BCUT2D eigenvalue weighted by Crippen LogP contribution is -2.36. The maximum Gasteiger partial charge on any atom is 0.126 e. The minimum atomic E-state index is -0.223. The van der Waals surface area contributed by atoms with E-state index in [0.29, 0.717) is 0 Å². The van der Waals surface area contributed by atoms with Crippen LogP contribution in [0.15, 0.2) is 21.6 Å². The smallest absolute Gasteiger partial charge is 0.126 e. The molecule has 2 aliphatic heterocycles. The summed E-state index contributed by atoms with van der Waals surface area (Å²) in [6, 6.07) is 3.04. The summed E-state index contributed by atoms with van der Waals surface area (Å²) in [4.78, 5) is 6.86. The van der Waals surface area contributed by atoms with Gasteiger partial charge in [-0.05, 0) is 25.0 Å². The molecule has 0 aromatic heterocycles. The Morgan fingerprint density at radius 2 is 2.19 bits per heavy atom. The predicted molar refractivity (Wildman–Crippen MR) is 65.5 cm³/mol. The van der Waals surface area contributed by atoms with Gasteiger partial charge in [0.15, 0.2) is 0 Å². The molecular formula is C12H12BrFN2. The number of fused-ring (bicyclic) bond motifs is 2. The van der Waals surface area contributed by atoms with Crippen LogP contribution in [0.4, 0.5) is 10.1 Å². The van der Waals surface area contributed by atoms with Gasteiger partial charge in [-0.25, -0.2) is 9.38 Å². The second-order valence-corrected chi connectivity index (χ2v) is 5.15. The summed E-state index contributed by atoms with van der Waals surface area (Å²) in [5.74, 6) is 0.899. The van der Waals surface area contributed by atoms with Crippen LogP contribution in [-0.2, 0) is 6.54 Å². The summed E-state index contributed by atoms with van der Waals surface area (Å²) in [7, 11) is 0. The maximum absolute atomic E-state index is 13.3. The fourth-order valence-electron chi connectivity index (χ4n) is 2.35. The minimum Gasteiger partial charge on any atom is -0.356 e. The number of nitrogens with zero attached hydrogens (tertiary/aromatic N) is 2. The molecule has 0 unspecified atom stereocenters. The van der Waals surface area contributed by atoms with Gasteiger partial charge >= 0.3 is 0 Å². The summed E-state index contributed by atoms with van der Waals surface area (Å²) in [6.45, 7) is 1.93. The largest absolute Gasteiger partial charge is 0.356 e. The highest BCUT2D eigenvalue weighted by Crippen LogP contribution is 2.35. The number of halogens is 2. The Morgan fingerprint density at radius 1 is 1.31 bits per heavy atom. The highest BCUT2D eigenvalue weighted by Gasteiger charge is 2.24. The Hall–Kier alpha value is -0.900. The summed E-state index contributed by atoms with van der Waals surface area (Å²) in [5.41, 5.74) is 1.90. The standard InChI is InChI=1S/C12H12BrFN2/c13-10-5-8(14)6-11-9(10)7-16-4-2-1-3-12(16)15-11/h5-6H,1-4,7H2. The first kappa shape index (κ1) is 10.3. The molecule has 0 atom stereocenters. The van der Waals surface area contributed by atoms with Gasteiger partial charge in [-0.2, -0.15) is 0 Å². The molecule has 0 radical (unpaired) electrons. The van der Waals surface area contributed by atoms with Gasteiger partial charge in [0.2, 0.25) is 0 Å². The van der Waals surface area contributed by atoms with E-state index in [9.17, 15) is 4.39 Å². The molecule has 0 saturated carbocycles. The molecule has 0 bridgehead atoms.